The molecule has 0 fully saturated rings. The SMILES string of the molecule is O=S(=O)(Oc1cccc2cccnc12)c1ccc(CCCCl)cc1. The molecule has 0 saturated carbocycles. The fourth-order valence-corrected chi connectivity index (χ4v) is 3.47. The highest BCUT2D eigenvalue weighted by atomic mass is 35.5. The molecular formula is C18H16ClNO3S. The van der Waals surface area contributed by atoms with Gasteiger partial charge >= 0.3 is 10.1 Å². The van der Waals surface area contributed by atoms with Crippen LogP contribution in [-0.2, 0) is 16.5 Å². The van der Waals surface area contributed by atoms with Crippen LogP contribution in [0.4, 0.5) is 0 Å². The molecule has 6 heteroatoms. The minimum atomic E-state index is -3.91. The average molecular weight is 362 g/mol. The van der Waals surface area contributed by atoms with E-state index in [0.29, 0.717) is 11.4 Å². The molecular weight excluding hydrogens is 346 g/mol. The normalized spacial score (nSPS) is 11.5. The van der Waals surface area contributed by atoms with Gasteiger partial charge in [0.2, 0.25) is 0 Å². The second-order valence-electron chi connectivity index (χ2n) is 5.31. The third kappa shape index (κ3) is 3.68. The van der Waals surface area contributed by atoms with E-state index in [0.717, 1.165) is 23.8 Å². The highest BCUT2D eigenvalue weighted by molar-refractivity contribution is 7.87. The molecule has 1 aromatic heterocycles. The lowest BCUT2D eigenvalue weighted by Gasteiger charge is -2.09. The summed E-state index contributed by atoms with van der Waals surface area (Å²) < 4.78 is 30.3. The molecule has 4 nitrogen and oxygen atoms in total. The number of pyridine rings is 1. The van der Waals surface area contributed by atoms with Gasteiger partial charge in [-0.15, -0.1) is 11.6 Å². The molecule has 0 bridgehead atoms. The van der Waals surface area contributed by atoms with E-state index in [9.17, 15) is 8.42 Å². The van der Waals surface area contributed by atoms with Crippen molar-refractivity contribution in [3.05, 3.63) is 66.4 Å². The fraction of sp³-hybridized carbons (Fsp3) is 0.167. The van der Waals surface area contributed by atoms with E-state index in [1.807, 2.05) is 12.1 Å². The maximum atomic E-state index is 12.5. The average Bonchev–Trinajstić information content (AvgIpc) is 2.60. The van der Waals surface area contributed by atoms with E-state index in [1.165, 1.54) is 0 Å². The molecule has 2 aromatic carbocycles. The molecule has 0 amide bonds. The molecule has 0 unspecified atom stereocenters. The summed E-state index contributed by atoms with van der Waals surface area (Å²) in [6, 6.07) is 15.5. The summed E-state index contributed by atoms with van der Waals surface area (Å²) in [5.41, 5.74) is 1.56. The van der Waals surface area contributed by atoms with Crippen LogP contribution in [0.25, 0.3) is 10.9 Å². The van der Waals surface area contributed by atoms with Gasteiger partial charge in [0, 0.05) is 17.5 Å². The Morgan fingerprint density at radius 2 is 1.75 bits per heavy atom. The molecule has 124 valence electrons. The molecule has 0 N–H and O–H groups in total. The zero-order chi connectivity index (χ0) is 17.0. The first kappa shape index (κ1) is 16.7. The van der Waals surface area contributed by atoms with E-state index < -0.39 is 10.1 Å². The summed E-state index contributed by atoms with van der Waals surface area (Å²) in [5, 5.41) is 0.821. The number of rotatable bonds is 6. The molecule has 0 aliphatic heterocycles. The molecule has 0 radical (unpaired) electrons. The molecule has 0 aliphatic rings. The maximum Gasteiger partial charge on any atom is 0.339 e. The van der Waals surface area contributed by atoms with Gasteiger partial charge in [-0.3, -0.25) is 4.98 Å². The Bertz CT molecular complexity index is 935. The molecule has 24 heavy (non-hydrogen) atoms. The van der Waals surface area contributed by atoms with Crippen LogP contribution < -0.4 is 4.18 Å². The van der Waals surface area contributed by atoms with E-state index in [2.05, 4.69) is 4.98 Å². The number of fused-ring (bicyclic) bond motifs is 1. The lowest BCUT2D eigenvalue weighted by atomic mass is 10.1. The van der Waals surface area contributed by atoms with Crippen LogP contribution in [0, 0.1) is 0 Å². The lowest BCUT2D eigenvalue weighted by Crippen LogP contribution is -2.10. The zero-order valence-corrected chi connectivity index (χ0v) is 14.4. The predicted octanol–water partition coefficient (Wildman–Crippen LogP) is 4.17. The molecule has 3 rings (SSSR count). The molecule has 1 heterocycles. The number of nitrogens with zero attached hydrogens (tertiary/aromatic N) is 1. The Morgan fingerprint density at radius 1 is 1.00 bits per heavy atom. The number of aryl methyl sites for hydroxylation is 1. The number of benzene rings is 2. The topological polar surface area (TPSA) is 56.3 Å². The standard InChI is InChI=1S/C18H16ClNO3S/c19-12-2-4-14-8-10-16(11-9-14)24(21,22)23-17-7-1-5-15-6-3-13-20-18(15)17/h1,3,5-11,13H,2,4,12H2. The number of alkyl halides is 1. The number of para-hydroxylation sites is 1. The van der Waals surface area contributed by atoms with Crippen LogP contribution in [0.5, 0.6) is 5.75 Å². The highest BCUT2D eigenvalue weighted by Gasteiger charge is 2.18. The monoisotopic (exact) mass is 361 g/mol. The Kier molecular flexibility index (Phi) is 5.02. The smallest absolute Gasteiger partial charge is 0.339 e. The summed E-state index contributed by atoms with van der Waals surface area (Å²) in [5.74, 6) is 0.802. The number of hydrogen-bond acceptors (Lipinski definition) is 4. The number of aromatic nitrogens is 1. The summed E-state index contributed by atoms with van der Waals surface area (Å²) in [7, 11) is -3.91. The Balaban J connectivity index is 1.88. The van der Waals surface area contributed by atoms with Crippen molar-refractivity contribution in [1.82, 2.24) is 4.98 Å². The third-order valence-corrected chi connectivity index (χ3v) is 5.12. The minimum absolute atomic E-state index is 0.116. The van der Waals surface area contributed by atoms with Crippen LogP contribution in [0.3, 0.4) is 0 Å². The van der Waals surface area contributed by atoms with Gasteiger partial charge in [0.1, 0.15) is 10.4 Å². The van der Waals surface area contributed by atoms with Gasteiger partial charge in [0.05, 0.1) is 0 Å². The summed E-state index contributed by atoms with van der Waals surface area (Å²) in [4.78, 5) is 4.32. The van der Waals surface area contributed by atoms with E-state index in [4.69, 9.17) is 15.8 Å². The first-order valence-electron chi connectivity index (χ1n) is 7.53. The predicted molar refractivity (Wildman–Crippen MR) is 95.0 cm³/mol. The summed E-state index contributed by atoms with van der Waals surface area (Å²) >= 11 is 5.67. The molecule has 0 saturated heterocycles. The van der Waals surface area contributed by atoms with Crippen LogP contribution in [-0.4, -0.2) is 19.3 Å². The van der Waals surface area contributed by atoms with Crippen molar-refractivity contribution in [3.8, 4) is 5.75 Å². The van der Waals surface area contributed by atoms with Gasteiger partial charge in [0.25, 0.3) is 0 Å². The molecule has 0 spiro atoms. The lowest BCUT2D eigenvalue weighted by molar-refractivity contribution is 0.488. The first-order chi connectivity index (χ1) is 11.6. The van der Waals surface area contributed by atoms with Gasteiger partial charge in [-0.25, -0.2) is 0 Å². The quantitative estimate of drug-likeness (QED) is 0.488. The van der Waals surface area contributed by atoms with Gasteiger partial charge in [0.15, 0.2) is 5.75 Å². The molecule has 0 aliphatic carbocycles. The van der Waals surface area contributed by atoms with Gasteiger partial charge in [-0.1, -0.05) is 30.3 Å². The van der Waals surface area contributed by atoms with Crippen molar-refractivity contribution in [3.63, 3.8) is 0 Å². The second-order valence-corrected chi connectivity index (χ2v) is 7.23. The van der Waals surface area contributed by atoms with Crippen LogP contribution in [0.1, 0.15) is 12.0 Å². The molecule has 0 atom stereocenters. The Labute approximate surface area is 146 Å². The Morgan fingerprint density at radius 3 is 2.50 bits per heavy atom. The van der Waals surface area contributed by atoms with Crippen molar-refractivity contribution in [2.75, 3.05) is 5.88 Å². The van der Waals surface area contributed by atoms with E-state index in [-0.39, 0.29) is 10.6 Å². The zero-order valence-electron chi connectivity index (χ0n) is 12.9. The Hall–Kier alpha value is -2.11. The summed E-state index contributed by atoms with van der Waals surface area (Å²) in [6.07, 6.45) is 3.28. The van der Waals surface area contributed by atoms with Crippen molar-refractivity contribution in [1.29, 1.82) is 0 Å². The fourth-order valence-electron chi connectivity index (χ4n) is 2.40. The minimum Gasteiger partial charge on any atom is -0.377 e. The largest absolute Gasteiger partial charge is 0.377 e. The van der Waals surface area contributed by atoms with Gasteiger partial charge < -0.3 is 4.18 Å². The van der Waals surface area contributed by atoms with Crippen molar-refractivity contribution in [2.45, 2.75) is 17.7 Å². The van der Waals surface area contributed by atoms with Crippen LogP contribution in [0.15, 0.2) is 65.7 Å². The van der Waals surface area contributed by atoms with E-state index >= 15 is 0 Å². The van der Waals surface area contributed by atoms with Crippen LogP contribution in [0.2, 0.25) is 0 Å². The number of halogens is 1. The van der Waals surface area contributed by atoms with Crippen LogP contribution >= 0.6 is 11.6 Å². The van der Waals surface area contributed by atoms with Gasteiger partial charge in [-0.05, 0) is 42.7 Å². The number of hydrogen-bond donors (Lipinski definition) is 0. The first-order valence-corrected chi connectivity index (χ1v) is 9.47. The van der Waals surface area contributed by atoms with Crippen molar-refractivity contribution in [2.24, 2.45) is 0 Å². The van der Waals surface area contributed by atoms with Crippen molar-refractivity contribution < 1.29 is 12.6 Å². The maximum absolute atomic E-state index is 12.5. The highest BCUT2D eigenvalue weighted by Crippen LogP contribution is 2.26. The molecule has 3 aromatic rings. The summed E-state index contributed by atoms with van der Waals surface area (Å²) in [6.45, 7) is 0. The van der Waals surface area contributed by atoms with E-state index in [1.54, 1.807) is 48.7 Å². The third-order valence-electron chi connectivity index (χ3n) is 3.61. The van der Waals surface area contributed by atoms with Gasteiger partial charge in [-0.2, -0.15) is 8.42 Å². The van der Waals surface area contributed by atoms with Crippen molar-refractivity contribution >= 4 is 32.6 Å². The second kappa shape index (κ2) is 7.20.